The molecule has 11 heavy (non-hydrogen) atoms. The molecule has 0 aliphatic heterocycles. The van der Waals surface area contributed by atoms with Gasteiger partial charge < -0.3 is 10.8 Å². The molecule has 0 aliphatic rings. The zero-order valence-corrected chi connectivity index (χ0v) is 7.57. The molecule has 64 valence electrons. The highest BCUT2D eigenvalue weighted by Crippen LogP contribution is 2.16. The Hall–Kier alpha value is -0.160. The maximum Gasteiger partial charge on any atom is 0.0794 e. The minimum absolute atomic E-state index is 0. The topological polar surface area (TPSA) is 59.1 Å². The van der Waals surface area contributed by atoms with E-state index in [-0.39, 0.29) is 25.1 Å². The zero-order valence-electron chi connectivity index (χ0n) is 5.93. The second-order valence-electron chi connectivity index (χ2n) is 2.02. The maximum absolute atomic E-state index is 8.54. The SMILES string of the molecule is Cl.NC(CCO)c1cncs1. The predicted molar refractivity (Wildman–Crippen MR) is 48.0 cm³/mol. The number of halogens is 1. The van der Waals surface area contributed by atoms with Gasteiger partial charge in [0.15, 0.2) is 0 Å². The maximum atomic E-state index is 8.54. The van der Waals surface area contributed by atoms with E-state index in [1.807, 2.05) is 0 Å². The third-order valence-electron chi connectivity index (χ3n) is 1.26. The molecule has 0 bridgehead atoms. The van der Waals surface area contributed by atoms with Crippen LogP contribution in [0, 0.1) is 0 Å². The number of hydrogen-bond acceptors (Lipinski definition) is 4. The summed E-state index contributed by atoms with van der Waals surface area (Å²) >= 11 is 1.52. The van der Waals surface area contributed by atoms with Gasteiger partial charge in [0.05, 0.1) is 5.51 Å². The first-order chi connectivity index (χ1) is 4.84. The van der Waals surface area contributed by atoms with E-state index in [4.69, 9.17) is 10.8 Å². The van der Waals surface area contributed by atoms with Gasteiger partial charge in [0, 0.05) is 23.7 Å². The van der Waals surface area contributed by atoms with Crippen molar-refractivity contribution >= 4 is 23.7 Å². The Morgan fingerprint density at radius 1 is 1.73 bits per heavy atom. The van der Waals surface area contributed by atoms with Gasteiger partial charge in [-0.05, 0) is 6.42 Å². The first kappa shape index (κ1) is 10.8. The van der Waals surface area contributed by atoms with E-state index in [1.54, 1.807) is 11.7 Å². The van der Waals surface area contributed by atoms with E-state index < -0.39 is 0 Å². The van der Waals surface area contributed by atoms with E-state index in [9.17, 15) is 0 Å². The summed E-state index contributed by atoms with van der Waals surface area (Å²) in [7, 11) is 0. The molecule has 1 aromatic rings. The van der Waals surface area contributed by atoms with Crippen molar-refractivity contribution in [1.82, 2.24) is 4.98 Å². The van der Waals surface area contributed by atoms with Crippen LogP contribution in [-0.4, -0.2) is 16.7 Å². The molecule has 3 nitrogen and oxygen atoms in total. The first-order valence-corrected chi connectivity index (χ1v) is 3.97. The van der Waals surface area contributed by atoms with Crippen LogP contribution in [0.15, 0.2) is 11.7 Å². The normalized spacial score (nSPS) is 12.2. The summed E-state index contributed by atoms with van der Waals surface area (Å²) in [5.74, 6) is 0. The average Bonchev–Trinajstić information content (AvgIpc) is 2.38. The minimum Gasteiger partial charge on any atom is -0.396 e. The van der Waals surface area contributed by atoms with Crippen LogP contribution in [0.2, 0.25) is 0 Å². The van der Waals surface area contributed by atoms with Crippen LogP contribution in [0.1, 0.15) is 17.3 Å². The largest absolute Gasteiger partial charge is 0.396 e. The standard InChI is InChI=1S/C6H10N2OS.ClH/c7-5(1-2-9)6-3-8-4-10-6;/h3-5,9H,1-2,7H2;1H. The number of thiazole rings is 1. The van der Waals surface area contributed by atoms with Crippen molar-refractivity contribution in [2.24, 2.45) is 5.73 Å². The summed E-state index contributed by atoms with van der Waals surface area (Å²) in [6.45, 7) is 0.138. The summed E-state index contributed by atoms with van der Waals surface area (Å²) in [5.41, 5.74) is 7.40. The van der Waals surface area contributed by atoms with Crippen molar-refractivity contribution in [2.75, 3.05) is 6.61 Å². The van der Waals surface area contributed by atoms with Crippen LogP contribution >= 0.6 is 23.7 Å². The van der Waals surface area contributed by atoms with Crippen molar-refractivity contribution < 1.29 is 5.11 Å². The third kappa shape index (κ3) is 3.16. The summed E-state index contributed by atoms with van der Waals surface area (Å²) < 4.78 is 0. The van der Waals surface area contributed by atoms with Crippen LogP contribution in [0.3, 0.4) is 0 Å². The monoisotopic (exact) mass is 194 g/mol. The number of aliphatic hydroxyl groups is 1. The lowest BCUT2D eigenvalue weighted by molar-refractivity contribution is 0.277. The van der Waals surface area contributed by atoms with Crippen molar-refractivity contribution in [3.63, 3.8) is 0 Å². The van der Waals surface area contributed by atoms with Gasteiger partial charge in [-0.15, -0.1) is 23.7 Å². The Labute approximate surface area is 75.7 Å². The number of rotatable bonds is 3. The molecule has 0 radical (unpaired) electrons. The molecule has 0 aromatic carbocycles. The van der Waals surface area contributed by atoms with Crippen LogP contribution in [0.5, 0.6) is 0 Å². The molecule has 0 saturated carbocycles. The molecular weight excluding hydrogens is 184 g/mol. The van der Waals surface area contributed by atoms with Gasteiger partial charge >= 0.3 is 0 Å². The van der Waals surface area contributed by atoms with Gasteiger partial charge in [-0.25, -0.2) is 0 Å². The van der Waals surface area contributed by atoms with Gasteiger partial charge in [0.25, 0.3) is 0 Å². The molecule has 1 aromatic heterocycles. The molecule has 0 saturated heterocycles. The molecule has 0 amide bonds. The summed E-state index contributed by atoms with van der Waals surface area (Å²) in [4.78, 5) is 4.92. The number of aliphatic hydroxyl groups excluding tert-OH is 1. The predicted octanol–water partition coefficient (Wildman–Crippen LogP) is 0.947. The zero-order chi connectivity index (χ0) is 7.40. The third-order valence-corrected chi connectivity index (χ3v) is 2.16. The van der Waals surface area contributed by atoms with Crippen LogP contribution in [0.4, 0.5) is 0 Å². The highest BCUT2D eigenvalue weighted by molar-refractivity contribution is 7.09. The number of aromatic nitrogens is 1. The molecular formula is C6H11ClN2OS. The number of nitrogens with zero attached hydrogens (tertiary/aromatic N) is 1. The smallest absolute Gasteiger partial charge is 0.0794 e. The van der Waals surface area contributed by atoms with Gasteiger partial charge in [-0.2, -0.15) is 0 Å². The summed E-state index contributed by atoms with van der Waals surface area (Å²) in [6, 6.07) is -0.0440. The lowest BCUT2D eigenvalue weighted by Gasteiger charge is -2.04. The highest BCUT2D eigenvalue weighted by atomic mass is 35.5. The highest BCUT2D eigenvalue weighted by Gasteiger charge is 2.05. The van der Waals surface area contributed by atoms with Crippen molar-refractivity contribution in [2.45, 2.75) is 12.5 Å². The van der Waals surface area contributed by atoms with E-state index in [0.29, 0.717) is 6.42 Å². The van der Waals surface area contributed by atoms with Gasteiger partial charge in [-0.3, -0.25) is 4.98 Å². The average molecular weight is 195 g/mol. The fourth-order valence-electron chi connectivity index (χ4n) is 0.690. The van der Waals surface area contributed by atoms with Crippen molar-refractivity contribution in [3.05, 3.63) is 16.6 Å². The van der Waals surface area contributed by atoms with E-state index in [1.165, 1.54) is 11.3 Å². The van der Waals surface area contributed by atoms with E-state index in [0.717, 1.165) is 4.88 Å². The Balaban J connectivity index is 0.000001000. The van der Waals surface area contributed by atoms with Crippen molar-refractivity contribution in [3.8, 4) is 0 Å². The molecule has 5 heteroatoms. The van der Waals surface area contributed by atoms with E-state index >= 15 is 0 Å². The number of hydrogen-bond donors (Lipinski definition) is 2. The molecule has 1 atom stereocenters. The molecule has 3 N–H and O–H groups in total. The minimum atomic E-state index is -0.0440. The molecule has 1 unspecified atom stereocenters. The second-order valence-corrected chi connectivity index (χ2v) is 2.94. The fourth-order valence-corrected chi connectivity index (χ4v) is 1.35. The van der Waals surface area contributed by atoms with E-state index in [2.05, 4.69) is 4.98 Å². The lowest BCUT2D eigenvalue weighted by atomic mass is 10.2. The Morgan fingerprint density at radius 2 is 2.45 bits per heavy atom. The quantitative estimate of drug-likeness (QED) is 0.753. The summed E-state index contributed by atoms with van der Waals surface area (Å²) in [5, 5.41) is 8.54. The Kier molecular flexibility index (Phi) is 5.41. The molecule has 0 aliphatic carbocycles. The van der Waals surface area contributed by atoms with Gasteiger partial charge in [0.1, 0.15) is 0 Å². The summed E-state index contributed by atoms with van der Waals surface area (Å²) in [6.07, 6.45) is 2.35. The van der Waals surface area contributed by atoms with Crippen LogP contribution in [-0.2, 0) is 0 Å². The number of nitrogens with two attached hydrogens (primary N) is 1. The second kappa shape index (κ2) is 5.49. The molecule has 1 rings (SSSR count). The van der Waals surface area contributed by atoms with Gasteiger partial charge in [-0.1, -0.05) is 0 Å². The van der Waals surface area contributed by atoms with Crippen LogP contribution < -0.4 is 5.73 Å². The van der Waals surface area contributed by atoms with Crippen molar-refractivity contribution in [1.29, 1.82) is 0 Å². The van der Waals surface area contributed by atoms with Gasteiger partial charge in [0.2, 0.25) is 0 Å². The molecule has 0 fully saturated rings. The molecule has 1 heterocycles. The van der Waals surface area contributed by atoms with Crippen LogP contribution in [0.25, 0.3) is 0 Å². The lowest BCUT2D eigenvalue weighted by Crippen LogP contribution is -2.09. The Bertz CT molecular complexity index is 181. The Morgan fingerprint density at radius 3 is 2.91 bits per heavy atom. The molecule has 0 spiro atoms. The fraction of sp³-hybridized carbons (Fsp3) is 0.500. The first-order valence-electron chi connectivity index (χ1n) is 3.09.